The number of rotatable bonds is 4. The Balaban J connectivity index is 1.63. The van der Waals surface area contributed by atoms with Crippen molar-refractivity contribution in [3.05, 3.63) is 82.6 Å². The van der Waals surface area contributed by atoms with E-state index in [1.165, 1.54) is 42.5 Å². The molecule has 4 rings (SSSR count). The molecule has 1 aliphatic rings. The number of imide groups is 2. The molecule has 3 aromatic rings. The molecule has 2 heterocycles. The summed E-state index contributed by atoms with van der Waals surface area (Å²) < 4.78 is 5.68. The van der Waals surface area contributed by atoms with E-state index < -0.39 is 23.8 Å². The van der Waals surface area contributed by atoms with Gasteiger partial charge in [-0.1, -0.05) is 23.7 Å². The maximum absolute atomic E-state index is 12.9. The molecule has 31 heavy (non-hydrogen) atoms. The van der Waals surface area contributed by atoms with Crippen LogP contribution in [0.4, 0.5) is 10.5 Å². The number of carboxylic acid groups (broad SMARTS) is 1. The van der Waals surface area contributed by atoms with Crippen LogP contribution in [0.2, 0.25) is 5.02 Å². The van der Waals surface area contributed by atoms with Crippen molar-refractivity contribution in [1.29, 1.82) is 0 Å². The van der Waals surface area contributed by atoms with E-state index in [-0.39, 0.29) is 22.6 Å². The van der Waals surface area contributed by atoms with E-state index in [1.54, 1.807) is 24.3 Å². The van der Waals surface area contributed by atoms with Gasteiger partial charge in [-0.2, -0.15) is 0 Å². The van der Waals surface area contributed by atoms with Crippen LogP contribution in [0.5, 0.6) is 0 Å². The number of barbiturate groups is 1. The normalized spacial score (nSPS) is 15.3. The quantitative estimate of drug-likeness (QED) is 0.472. The van der Waals surface area contributed by atoms with Crippen LogP contribution in [0.15, 0.2) is 70.7 Å². The maximum atomic E-state index is 12.9. The summed E-state index contributed by atoms with van der Waals surface area (Å²) in [7, 11) is 0. The van der Waals surface area contributed by atoms with Gasteiger partial charge in [-0.15, -0.1) is 0 Å². The first-order valence-corrected chi connectivity index (χ1v) is 9.32. The summed E-state index contributed by atoms with van der Waals surface area (Å²) in [5.74, 6) is -2.07. The maximum Gasteiger partial charge on any atom is 0.335 e. The molecular weight excluding hydrogens is 424 g/mol. The molecule has 0 radical (unpaired) electrons. The highest BCUT2D eigenvalue weighted by Gasteiger charge is 2.37. The molecule has 1 aromatic heterocycles. The zero-order valence-electron chi connectivity index (χ0n) is 15.7. The lowest BCUT2D eigenvalue weighted by Gasteiger charge is -2.26. The Labute approximate surface area is 180 Å². The molecule has 0 atom stereocenters. The molecule has 2 aromatic carbocycles. The lowest BCUT2D eigenvalue weighted by atomic mass is 10.1. The number of urea groups is 1. The summed E-state index contributed by atoms with van der Waals surface area (Å²) in [6.07, 6.45) is 1.24. The minimum Gasteiger partial charge on any atom is -0.478 e. The zero-order valence-corrected chi connectivity index (χ0v) is 16.4. The van der Waals surface area contributed by atoms with Crippen molar-refractivity contribution in [3.63, 3.8) is 0 Å². The van der Waals surface area contributed by atoms with Gasteiger partial charge >= 0.3 is 12.0 Å². The van der Waals surface area contributed by atoms with Gasteiger partial charge in [0.1, 0.15) is 17.1 Å². The number of nitrogens with zero attached hydrogens (tertiary/aromatic N) is 1. The van der Waals surface area contributed by atoms with Gasteiger partial charge in [-0.3, -0.25) is 14.9 Å². The Bertz CT molecular complexity index is 1240. The number of nitrogens with one attached hydrogen (secondary N) is 1. The number of furan rings is 1. The molecule has 0 saturated carbocycles. The van der Waals surface area contributed by atoms with Crippen LogP contribution >= 0.6 is 11.6 Å². The van der Waals surface area contributed by atoms with Crippen molar-refractivity contribution >= 4 is 47.2 Å². The fourth-order valence-electron chi connectivity index (χ4n) is 2.99. The summed E-state index contributed by atoms with van der Waals surface area (Å²) in [5, 5.41) is 11.5. The fourth-order valence-corrected chi connectivity index (χ4v) is 3.11. The number of aromatic carboxylic acids is 1. The Morgan fingerprint density at radius 3 is 2.29 bits per heavy atom. The monoisotopic (exact) mass is 436 g/mol. The summed E-state index contributed by atoms with van der Waals surface area (Å²) in [6.45, 7) is 0. The van der Waals surface area contributed by atoms with Gasteiger partial charge in [0.05, 0.1) is 11.3 Å². The summed E-state index contributed by atoms with van der Waals surface area (Å²) >= 11 is 5.85. The average molecular weight is 437 g/mol. The number of anilines is 1. The highest BCUT2D eigenvalue weighted by Crippen LogP contribution is 2.26. The van der Waals surface area contributed by atoms with Gasteiger partial charge in [-0.25, -0.2) is 14.5 Å². The molecule has 2 N–H and O–H groups in total. The summed E-state index contributed by atoms with van der Waals surface area (Å²) in [4.78, 5) is 49.1. The first-order chi connectivity index (χ1) is 14.8. The largest absolute Gasteiger partial charge is 0.478 e. The van der Waals surface area contributed by atoms with Gasteiger partial charge in [0.2, 0.25) is 0 Å². The van der Waals surface area contributed by atoms with Crippen LogP contribution in [0.25, 0.3) is 17.4 Å². The van der Waals surface area contributed by atoms with Crippen molar-refractivity contribution in [3.8, 4) is 11.3 Å². The average Bonchev–Trinajstić information content (AvgIpc) is 3.21. The number of benzene rings is 2. The minimum absolute atomic E-state index is 0.133. The number of hydrogen-bond acceptors (Lipinski definition) is 5. The second kappa shape index (κ2) is 7.92. The second-order valence-corrected chi connectivity index (χ2v) is 6.96. The number of hydrogen-bond donors (Lipinski definition) is 2. The standard InChI is InChI=1S/C22H13ClN2O6/c23-14-5-7-15(8-6-14)25-20(27)17(19(26)24-22(25)30)11-16-9-10-18(31-16)12-1-3-13(4-2-12)21(28)29/h1-11H,(H,28,29)(H,24,26,30)/b17-11+. The Kier molecular flexibility index (Phi) is 5.14. The van der Waals surface area contributed by atoms with Crippen molar-refractivity contribution in [2.24, 2.45) is 0 Å². The molecule has 0 unspecified atom stereocenters. The predicted octanol–water partition coefficient (Wildman–Crippen LogP) is 3.96. The molecular formula is C22H13ClN2O6. The third kappa shape index (κ3) is 3.96. The van der Waals surface area contributed by atoms with Crippen LogP contribution in [-0.4, -0.2) is 28.9 Å². The van der Waals surface area contributed by atoms with Gasteiger partial charge in [0.15, 0.2) is 0 Å². The van der Waals surface area contributed by atoms with Crippen LogP contribution in [0, 0.1) is 0 Å². The topological polar surface area (TPSA) is 117 Å². The van der Waals surface area contributed by atoms with Gasteiger partial charge in [0.25, 0.3) is 11.8 Å². The predicted molar refractivity (Wildman–Crippen MR) is 112 cm³/mol. The highest BCUT2D eigenvalue weighted by atomic mass is 35.5. The molecule has 1 saturated heterocycles. The Hall–Kier alpha value is -4.17. The lowest BCUT2D eigenvalue weighted by Crippen LogP contribution is -2.54. The van der Waals surface area contributed by atoms with Gasteiger partial charge in [-0.05, 0) is 54.6 Å². The molecule has 9 heteroatoms. The molecule has 0 bridgehead atoms. The molecule has 154 valence electrons. The number of halogens is 1. The highest BCUT2D eigenvalue weighted by molar-refractivity contribution is 6.39. The first-order valence-electron chi connectivity index (χ1n) is 8.94. The second-order valence-electron chi connectivity index (χ2n) is 6.52. The SMILES string of the molecule is O=C1NC(=O)N(c2ccc(Cl)cc2)C(=O)/C1=C/c1ccc(-c2ccc(C(=O)O)cc2)o1. The number of carboxylic acids is 1. The Morgan fingerprint density at radius 1 is 0.968 bits per heavy atom. The van der Waals surface area contributed by atoms with Gasteiger partial charge in [0, 0.05) is 10.6 Å². The first kappa shape index (κ1) is 20.1. The molecule has 0 aliphatic carbocycles. The van der Waals surface area contributed by atoms with E-state index in [4.69, 9.17) is 21.1 Å². The summed E-state index contributed by atoms with van der Waals surface area (Å²) in [6, 6.07) is 14.4. The Morgan fingerprint density at radius 2 is 1.65 bits per heavy atom. The summed E-state index contributed by atoms with van der Waals surface area (Å²) in [5.41, 5.74) is 0.724. The zero-order chi connectivity index (χ0) is 22.1. The van der Waals surface area contributed by atoms with E-state index >= 15 is 0 Å². The van der Waals surface area contributed by atoms with Crippen LogP contribution in [-0.2, 0) is 9.59 Å². The molecule has 1 fully saturated rings. The number of carbonyl (C=O) groups is 4. The third-order valence-electron chi connectivity index (χ3n) is 4.52. The van der Waals surface area contributed by atoms with E-state index in [2.05, 4.69) is 5.32 Å². The smallest absolute Gasteiger partial charge is 0.335 e. The molecule has 8 nitrogen and oxygen atoms in total. The van der Waals surface area contributed by atoms with Crippen LogP contribution < -0.4 is 10.2 Å². The van der Waals surface area contributed by atoms with Gasteiger partial charge < -0.3 is 9.52 Å². The van der Waals surface area contributed by atoms with E-state index in [0.29, 0.717) is 16.3 Å². The fraction of sp³-hybridized carbons (Fsp3) is 0. The van der Waals surface area contributed by atoms with Crippen LogP contribution in [0.1, 0.15) is 16.1 Å². The van der Waals surface area contributed by atoms with E-state index in [1.807, 2.05) is 0 Å². The molecule has 1 aliphatic heterocycles. The van der Waals surface area contributed by atoms with Crippen molar-refractivity contribution < 1.29 is 28.7 Å². The minimum atomic E-state index is -1.04. The molecule has 4 amide bonds. The third-order valence-corrected chi connectivity index (χ3v) is 4.77. The molecule has 0 spiro atoms. The van der Waals surface area contributed by atoms with Crippen LogP contribution in [0.3, 0.4) is 0 Å². The lowest BCUT2D eigenvalue weighted by molar-refractivity contribution is -0.122. The van der Waals surface area contributed by atoms with E-state index in [9.17, 15) is 19.2 Å². The number of carbonyl (C=O) groups excluding carboxylic acids is 3. The van der Waals surface area contributed by atoms with Crippen molar-refractivity contribution in [1.82, 2.24) is 5.32 Å². The van der Waals surface area contributed by atoms with Crippen molar-refractivity contribution in [2.45, 2.75) is 0 Å². The number of amides is 4. The van der Waals surface area contributed by atoms with Crippen molar-refractivity contribution in [2.75, 3.05) is 4.90 Å². The van der Waals surface area contributed by atoms with E-state index in [0.717, 1.165) is 4.90 Å².